The Bertz CT molecular complexity index is 61.6. The molecule has 1 saturated heterocycles. The molecule has 0 N–H and O–H groups in total. The molecule has 0 atom stereocenters. The molecule has 1 heterocycles. The van der Waals surface area contributed by atoms with Gasteiger partial charge in [-0.2, -0.15) is 0 Å². The first kappa shape index (κ1) is 11.6. The van der Waals surface area contributed by atoms with E-state index in [9.17, 15) is 0 Å². The topological polar surface area (TPSA) is 111 Å². The maximum absolute atomic E-state index is 4.22. The standard InChI is InChI=1S/C2H4O12/c1-2-4-6-8-10-12-14-13-11-9-7-5-3-1/h1-2H2. The van der Waals surface area contributed by atoms with Gasteiger partial charge in [0.25, 0.3) is 0 Å². The largest absolute Gasteiger partial charge is 0.201 e. The summed E-state index contributed by atoms with van der Waals surface area (Å²) in [7, 11) is 0. The van der Waals surface area contributed by atoms with E-state index in [0.717, 1.165) is 0 Å². The van der Waals surface area contributed by atoms with E-state index in [4.69, 9.17) is 0 Å². The monoisotopic (exact) mass is 220 g/mol. The lowest BCUT2D eigenvalue weighted by Crippen LogP contribution is -2.09. The van der Waals surface area contributed by atoms with Gasteiger partial charge in [0, 0.05) is 0 Å². The second-order valence-corrected chi connectivity index (χ2v) is 1.32. The molecule has 12 heteroatoms. The SMILES string of the molecule is C1COOOOOOOOOOOO1. The molecule has 1 aliphatic rings. The Balaban J connectivity index is 2.00. The van der Waals surface area contributed by atoms with Gasteiger partial charge in [-0.05, 0) is 50.4 Å². The molecule has 1 fully saturated rings. The van der Waals surface area contributed by atoms with E-state index in [1.165, 1.54) is 0 Å². The van der Waals surface area contributed by atoms with Gasteiger partial charge in [0.2, 0.25) is 0 Å². The second-order valence-electron chi connectivity index (χ2n) is 1.32. The molecule has 14 heavy (non-hydrogen) atoms. The van der Waals surface area contributed by atoms with Crippen molar-refractivity contribution >= 4 is 0 Å². The van der Waals surface area contributed by atoms with E-state index in [-0.39, 0.29) is 13.2 Å². The summed E-state index contributed by atoms with van der Waals surface area (Å²) < 4.78 is 0. The fraction of sp³-hybridized carbons (Fsp3) is 1.00. The van der Waals surface area contributed by atoms with Crippen molar-refractivity contribution in [2.24, 2.45) is 0 Å². The van der Waals surface area contributed by atoms with Crippen LogP contribution in [0.2, 0.25) is 0 Å². The molecule has 84 valence electrons. The van der Waals surface area contributed by atoms with Gasteiger partial charge in [-0.25, -0.2) is 9.78 Å². The summed E-state index contributed by atoms with van der Waals surface area (Å²) in [4.78, 5) is 8.44. The fourth-order valence-corrected chi connectivity index (χ4v) is 0.266. The van der Waals surface area contributed by atoms with E-state index in [2.05, 4.69) is 60.2 Å². The first-order chi connectivity index (χ1) is 7.00. The average molecular weight is 220 g/mol. The first-order valence-corrected chi connectivity index (χ1v) is 2.91. The lowest BCUT2D eigenvalue weighted by Gasteiger charge is -2.02. The molecule has 0 aliphatic carbocycles. The van der Waals surface area contributed by atoms with Crippen LogP contribution in [0.25, 0.3) is 0 Å². The number of rotatable bonds is 0. The van der Waals surface area contributed by atoms with E-state index in [1.807, 2.05) is 0 Å². The molecule has 0 radical (unpaired) electrons. The highest BCUT2D eigenvalue weighted by molar-refractivity contribution is 4.13. The first-order valence-electron chi connectivity index (χ1n) is 2.91. The summed E-state index contributed by atoms with van der Waals surface area (Å²) in [6.07, 6.45) is 0. The summed E-state index contributed by atoms with van der Waals surface area (Å²) in [5.74, 6) is 0. The molecule has 1 rings (SSSR count). The molecular weight excluding hydrogens is 216 g/mol. The molecule has 0 aromatic rings. The van der Waals surface area contributed by atoms with Gasteiger partial charge in [0.1, 0.15) is 13.2 Å². The minimum Gasteiger partial charge on any atom is -0.201 e. The summed E-state index contributed by atoms with van der Waals surface area (Å²) >= 11 is 0. The van der Waals surface area contributed by atoms with Crippen LogP contribution < -0.4 is 0 Å². The zero-order chi connectivity index (χ0) is 9.90. The third-order valence-corrected chi connectivity index (χ3v) is 0.596. The van der Waals surface area contributed by atoms with Crippen molar-refractivity contribution in [2.45, 2.75) is 0 Å². The van der Waals surface area contributed by atoms with Crippen molar-refractivity contribution in [3.63, 3.8) is 0 Å². The minimum atomic E-state index is -0.0784. The third kappa shape index (κ3) is 6.97. The van der Waals surface area contributed by atoms with E-state index in [1.54, 1.807) is 0 Å². The Hall–Kier alpha value is -0.480. The molecule has 1 aliphatic heterocycles. The maximum Gasteiger partial charge on any atom is 0.112 e. The van der Waals surface area contributed by atoms with Crippen LogP contribution in [0.3, 0.4) is 0 Å². The second kappa shape index (κ2) is 9.09. The maximum atomic E-state index is 4.22. The van der Waals surface area contributed by atoms with Crippen LogP contribution in [-0.2, 0) is 60.2 Å². The van der Waals surface area contributed by atoms with Crippen molar-refractivity contribution in [1.29, 1.82) is 0 Å². The van der Waals surface area contributed by atoms with E-state index < -0.39 is 0 Å². The van der Waals surface area contributed by atoms with Gasteiger partial charge in [-0.3, -0.25) is 0 Å². The smallest absolute Gasteiger partial charge is 0.112 e. The van der Waals surface area contributed by atoms with Crippen LogP contribution in [-0.4, -0.2) is 13.2 Å². The van der Waals surface area contributed by atoms with Crippen LogP contribution in [0.1, 0.15) is 0 Å². The molecule has 12 nitrogen and oxygen atoms in total. The highest BCUT2D eigenvalue weighted by Crippen LogP contribution is 1.93. The third-order valence-electron chi connectivity index (χ3n) is 0.596. The Kier molecular flexibility index (Phi) is 7.53. The molecule has 0 saturated carbocycles. The summed E-state index contributed by atoms with van der Waals surface area (Å²) in [6.45, 7) is -0.157. The zero-order valence-electron chi connectivity index (χ0n) is 6.31. The molecule has 0 amide bonds. The molecule has 0 aromatic heterocycles. The van der Waals surface area contributed by atoms with Gasteiger partial charge in [-0.1, -0.05) is 0 Å². The zero-order valence-corrected chi connectivity index (χ0v) is 6.31. The van der Waals surface area contributed by atoms with Crippen molar-refractivity contribution in [3.05, 3.63) is 0 Å². The van der Waals surface area contributed by atoms with Gasteiger partial charge >= 0.3 is 0 Å². The Labute approximate surface area is 74.7 Å². The molecular formula is C2H4O12. The summed E-state index contributed by atoms with van der Waals surface area (Å²) in [5.41, 5.74) is 0. The van der Waals surface area contributed by atoms with Crippen molar-refractivity contribution < 1.29 is 60.2 Å². The Morgan fingerprint density at radius 2 is 0.643 bits per heavy atom. The lowest BCUT2D eigenvalue weighted by atomic mass is 10.8. The van der Waals surface area contributed by atoms with E-state index >= 15 is 0 Å². The van der Waals surface area contributed by atoms with Crippen molar-refractivity contribution in [1.82, 2.24) is 0 Å². The number of hydrogen-bond acceptors (Lipinski definition) is 12. The minimum absolute atomic E-state index is 0.0784. The molecule has 0 unspecified atom stereocenters. The normalized spacial score (nSPS) is 24.0. The van der Waals surface area contributed by atoms with Gasteiger partial charge in [0.15, 0.2) is 0 Å². The highest BCUT2D eigenvalue weighted by atomic mass is 18.0. The van der Waals surface area contributed by atoms with Crippen LogP contribution in [0.15, 0.2) is 0 Å². The van der Waals surface area contributed by atoms with Gasteiger partial charge in [-0.15, -0.1) is 0 Å². The molecule has 0 aromatic carbocycles. The fourth-order valence-electron chi connectivity index (χ4n) is 0.266. The average Bonchev–Trinajstić information content (AvgIpc) is 2.22. The van der Waals surface area contributed by atoms with Gasteiger partial charge < -0.3 is 0 Å². The molecule has 0 bridgehead atoms. The summed E-state index contributed by atoms with van der Waals surface area (Å²) in [5, 5.41) is 36.7. The van der Waals surface area contributed by atoms with Crippen LogP contribution in [0.5, 0.6) is 0 Å². The van der Waals surface area contributed by atoms with Crippen molar-refractivity contribution in [3.8, 4) is 0 Å². The molecule has 0 spiro atoms. The quantitative estimate of drug-likeness (QED) is 0.479. The van der Waals surface area contributed by atoms with Crippen LogP contribution in [0.4, 0.5) is 0 Å². The lowest BCUT2D eigenvalue weighted by molar-refractivity contribution is -0.865. The summed E-state index contributed by atoms with van der Waals surface area (Å²) in [6, 6.07) is 0. The van der Waals surface area contributed by atoms with E-state index in [0.29, 0.717) is 0 Å². The van der Waals surface area contributed by atoms with Crippen molar-refractivity contribution in [2.75, 3.05) is 13.2 Å². The Morgan fingerprint density at radius 3 is 1.00 bits per heavy atom. The Morgan fingerprint density at radius 1 is 0.357 bits per heavy atom. The highest BCUT2D eigenvalue weighted by Gasteiger charge is 2.00. The number of hydrogen-bond donors (Lipinski definition) is 0. The predicted octanol–water partition coefficient (Wildman–Crippen LogP) is -0.736. The predicted molar refractivity (Wildman–Crippen MR) is 22.8 cm³/mol. The van der Waals surface area contributed by atoms with Crippen LogP contribution in [0, 0.1) is 0 Å². The van der Waals surface area contributed by atoms with Crippen LogP contribution >= 0.6 is 0 Å². The van der Waals surface area contributed by atoms with Gasteiger partial charge in [0.05, 0.1) is 0 Å².